The number of nitrogens with zero attached hydrogens (tertiary/aromatic N) is 2. The van der Waals surface area contributed by atoms with Crippen LogP contribution >= 0.6 is 31.9 Å². The van der Waals surface area contributed by atoms with Crippen molar-refractivity contribution >= 4 is 66.0 Å². The normalized spacial score (nSPS) is 13.1. The summed E-state index contributed by atoms with van der Waals surface area (Å²) < 4.78 is 75.1. The van der Waals surface area contributed by atoms with Gasteiger partial charge < -0.3 is 9.80 Å². The van der Waals surface area contributed by atoms with Gasteiger partial charge in [-0.15, -0.1) is 0 Å². The fourth-order valence-corrected chi connectivity index (χ4v) is 8.42. The molecule has 0 N–H and O–H groups in total. The van der Waals surface area contributed by atoms with E-state index >= 15 is 0 Å². The van der Waals surface area contributed by atoms with E-state index in [4.69, 9.17) is 5.48 Å². The van der Waals surface area contributed by atoms with Gasteiger partial charge in [0.05, 0.1) is 22.3 Å². The molecule has 0 aromatic heterocycles. The molecule has 4 heteroatoms. The van der Waals surface area contributed by atoms with Crippen LogP contribution in [0.15, 0.2) is 233 Å². The van der Waals surface area contributed by atoms with E-state index in [-0.39, 0.29) is 68.7 Å². The monoisotopic (exact) mass is 936 g/mol. The molecular weight excluding hydrogens is 884 g/mol. The van der Waals surface area contributed by atoms with Crippen LogP contribution in [0.4, 0.5) is 34.1 Å². The SMILES string of the molecule is [2H]c1c([2H])c(Br)c([2H])c(N(c2cc(N(c3c(-c4ccccc4)cccc3-c3ccccc3)c3c([2H])c([2H])c([2H])c(Br)c3[2H])cc(C(C)(C)C)c2)c2c(-c3ccccc3)cccc2-c2ccccc2)c1[2H]. The van der Waals surface area contributed by atoms with E-state index in [0.717, 1.165) is 50.1 Å². The Kier molecular flexibility index (Phi) is 9.30. The van der Waals surface area contributed by atoms with Gasteiger partial charge >= 0.3 is 0 Å². The standard InChI is InChI=1S/C58H46Br2N2/c1-58(2,3)45-36-50(61(48-30-16-28-46(59)38-48)56-52(41-20-8-4-9-21-41)32-18-33-53(56)42-22-10-5-11-23-42)40-51(37-45)62(49-31-17-29-47(60)39-49)57-54(43-24-12-6-13-25-43)34-19-35-55(57)44-26-14-7-15-27-44/h4-40H,1-3H3/i16D,17D,28D,29D,30D,31D,38D,39D. The summed E-state index contributed by atoms with van der Waals surface area (Å²) in [4.78, 5) is 3.72. The van der Waals surface area contributed by atoms with E-state index in [1.165, 1.54) is 0 Å². The molecule has 62 heavy (non-hydrogen) atoms. The van der Waals surface area contributed by atoms with Crippen molar-refractivity contribution in [1.29, 1.82) is 0 Å². The highest BCUT2D eigenvalue weighted by molar-refractivity contribution is 9.10. The first kappa shape index (κ1) is 32.3. The minimum Gasteiger partial charge on any atom is -0.309 e. The fraction of sp³-hybridized carbons (Fsp3) is 0.0690. The number of anilines is 6. The van der Waals surface area contributed by atoms with Gasteiger partial charge in [-0.2, -0.15) is 0 Å². The van der Waals surface area contributed by atoms with Crippen LogP contribution in [0.5, 0.6) is 0 Å². The third-order valence-electron chi connectivity index (χ3n) is 10.8. The second kappa shape index (κ2) is 17.9. The van der Waals surface area contributed by atoms with E-state index in [2.05, 4.69) is 52.6 Å². The maximum absolute atomic E-state index is 9.79. The van der Waals surface area contributed by atoms with Crippen molar-refractivity contribution in [3.63, 3.8) is 0 Å². The molecule has 0 atom stereocenters. The zero-order chi connectivity index (χ0) is 49.6. The first-order valence-corrected chi connectivity index (χ1v) is 21.9. The van der Waals surface area contributed by atoms with Gasteiger partial charge in [0, 0.05) is 53.9 Å². The van der Waals surface area contributed by atoms with Crippen molar-refractivity contribution in [2.75, 3.05) is 9.80 Å². The topological polar surface area (TPSA) is 6.48 Å². The molecule has 0 saturated carbocycles. The van der Waals surface area contributed by atoms with Crippen LogP contribution in [0.2, 0.25) is 0 Å². The van der Waals surface area contributed by atoms with Gasteiger partial charge in [-0.3, -0.25) is 0 Å². The molecule has 2 nitrogen and oxygen atoms in total. The van der Waals surface area contributed by atoms with Crippen molar-refractivity contribution in [1.82, 2.24) is 0 Å². The highest BCUT2D eigenvalue weighted by Gasteiger charge is 2.28. The van der Waals surface area contributed by atoms with E-state index < -0.39 is 5.41 Å². The van der Waals surface area contributed by atoms with Crippen LogP contribution < -0.4 is 9.80 Å². The summed E-state index contributed by atoms with van der Waals surface area (Å²) in [7, 11) is 0. The van der Waals surface area contributed by atoms with Crippen LogP contribution in [0, 0.1) is 0 Å². The third kappa shape index (κ3) is 8.54. The Morgan fingerprint density at radius 2 is 0.710 bits per heavy atom. The van der Waals surface area contributed by atoms with Gasteiger partial charge in [0.1, 0.15) is 0 Å². The molecule has 0 radical (unpaired) electrons. The fourth-order valence-electron chi connectivity index (χ4n) is 7.84. The number of hydrogen-bond donors (Lipinski definition) is 0. The Balaban J connectivity index is 1.50. The molecule has 0 aliphatic rings. The number of rotatable bonds is 10. The lowest BCUT2D eigenvalue weighted by molar-refractivity contribution is 0.590. The van der Waals surface area contributed by atoms with Crippen LogP contribution in [0.25, 0.3) is 44.5 Å². The summed E-state index contributed by atoms with van der Waals surface area (Å²) in [6, 6.07) is 55.2. The van der Waals surface area contributed by atoms with E-state index in [9.17, 15) is 5.48 Å². The molecule has 302 valence electrons. The summed E-state index contributed by atoms with van der Waals surface area (Å²) in [5, 5.41) is 0. The Morgan fingerprint density at radius 1 is 0.387 bits per heavy atom. The summed E-state index contributed by atoms with van der Waals surface area (Å²) in [6.07, 6.45) is 0. The van der Waals surface area contributed by atoms with Crippen LogP contribution in [-0.2, 0) is 5.41 Å². The average Bonchev–Trinajstić information content (AvgIpc) is 3.39. The maximum atomic E-state index is 9.79. The van der Waals surface area contributed by atoms with Gasteiger partial charge in [-0.1, -0.05) is 222 Å². The highest BCUT2D eigenvalue weighted by Crippen LogP contribution is 2.52. The Labute approximate surface area is 394 Å². The van der Waals surface area contributed by atoms with Crippen molar-refractivity contribution in [2.45, 2.75) is 26.2 Å². The lowest BCUT2D eigenvalue weighted by Crippen LogP contribution is -2.19. The predicted molar refractivity (Wildman–Crippen MR) is 272 cm³/mol. The quantitative estimate of drug-likeness (QED) is 0.135. The number of para-hydroxylation sites is 2. The summed E-state index contributed by atoms with van der Waals surface area (Å²) in [5.74, 6) is 0. The Hall–Kier alpha value is -6.46. The lowest BCUT2D eigenvalue weighted by atomic mass is 9.85. The second-order valence-electron chi connectivity index (χ2n) is 15.9. The molecule has 0 aliphatic heterocycles. The third-order valence-corrected chi connectivity index (χ3v) is 11.5. The summed E-state index contributed by atoms with van der Waals surface area (Å²) in [6.45, 7) is 6.26. The highest BCUT2D eigenvalue weighted by atomic mass is 79.9. The van der Waals surface area contributed by atoms with Gasteiger partial charge in [-0.05, 0) is 87.7 Å². The molecule has 0 bridgehead atoms. The molecule has 9 rings (SSSR count). The Bertz CT molecular complexity index is 3030. The molecule has 9 aromatic rings. The van der Waals surface area contributed by atoms with E-state index in [1.54, 1.807) is 0 Å². The van der Waals surface area contributed by atoms with Crippen molar-refractivity contribution in [3.8, 4) is 44.5 Å². The van der Waals surface area contributed by atoms with Crippen LogP contribution in [-0.4, -0.2) is 0 Å². The number of halogens is 2. The zero-order valence-corrected chi connectivity index (χ0v) is 37.6. The molecule has 0 heterocycles. The Morgan fingerprint density at radius 3 is 1.02 bits per heavy atom. The van der Waals surface area contributed by atoms with E-state index in [1.807, 2.05) is 186 Å². The summed E-state index contributed by atoms with van der Waals surface area (Å²) in [5.41, 5.74) is 9.09. The maximum Gasteiger partial charge on any atom is 0.0657 e. The van der Waals surface area contributed by atoms with Crippen LogP contribution in [0.1, 0.15) is 37.3 Å². The minimum atomic E-state index is -0.565. The molecule has 0 unspecified atom stereocenters. The molecule has 9 aromatic carbocycles. The van der Waals surface area contributed by atoms with Gasteiger partial charge in [0.25, 0.3) is 0 Å². The largest absolute Gasteiger partial charge is 0.309 e. The summed E-state index contributed by atoms with van der Waals surface area (Å²) >= 11 is 7.01. The zero-order valence-electron chi connectivity index (χ0n) is 42.4. The molecular formula is C58H46Br2N2. The van der Waals surface area contributed by atoms with Crippen molar-refractivity contribution in [3.05, 3.63) is 239 Å². The smallest absolute Gasteiger partial charge is 0.0657 e. The molecule has 0 fully saturated rings. The molecule has 0 amide bonds. The van der Waals surface area contributed by atoms with Gasteiger partial charge in [0.15, 0.2) is 0 Å². The molecule has 0 spiro atoms. The van der Waals surface area contributed by atoms with Crippen LogP contribution in [0.3, 0.4) is 0 Å². The lowest BCUT2D eigenvalue weighted by Gasteiger charge is -2.35. The number of benzene rings is 9. The molecule has 0 aliphatic carbocycles. The average molecular weight is 939 g/mol. The van der Waals surface area contributed by atoms with E-state index in [0.29, 0.717) is 22.7 Å². The first-order valence-electron chi connectivity index (χ1n) is 24.3. The van der Waals surface area contributed by atoms with Gasteiger partial charge in [0.2, 0.25) is 0 Å². The molecule has 0 saturated heterocycles. The predicted octanol–water partition coefficient (Wildman–Crippen LogP) is 18.1. The number of hydrogen-bond acceptors (Lipinski definition) is 2. The minimum absolute atomic E-state index is 0.0590. The van der Waals surface area contributed by atoms with Gasteiger partial charge in [-0.25, -0.2) is 0 Å². The second-order valence-corrected chi connectivity index (χ2v) is 17.4. The van der Waals surface area contributed by atoms with Crippen molar-refractivity contribution in [2.24, 2.45) is 0 Å². The first-order chi connectivity index (χ1) is 33.6. The van der Waals surface area contributed by atoms with Crippen molar-refractivity contribution < 1.29 is 11.0 Å².